The van der Waals surface area contributed by atoms with E-state index in [-0.39, 0.29) is 36.4 Å². The molecular weight excluding hydrogens is 466 g/mol. The maximum absolute atomic E-state index is 13.0. The van der Waals surface area contributed by atoms with Gasteiger partial charge in [0.1, 0.15) is 17.0 Å². The van der Waals surface area contributed by atoms with Crippen LogP contribution >= 0.6 is 11.6 Å². The number of nitrogens with one attached hydrogen (secondary N) is 3. The fourth-order valence-corrected chi connectivity index (χ4v) is 4.96. The molecule has 8 heteroatoms. The third-order valence-corrected chi connectivity index (χ3v) is 6.57. The van der Waals surface area contributed by atoms with E-state index >= 15 is 0 Å². The van der Waals surface area contributed by atoms with E-state index in [4.69, 9.17) is 11.6 Å². The van der Waals surface area contributed by atoms with Gasteiger partial charge in [0.15, 0.2) is 0 Å². The monoisotopic (exact) mass is 489 g/mol. The quantitative estimate of drug-likeness (QED) is 0.266. The minimum Gasteiger partial charge on any atom is -0.508 e. The summed E-state index contributed by atoms with van der Waals surface area (Å²) in [6.07, 6.45) is 0.544. The molecule has 1 aliphatic carbocycles. The highest BCUT2D eigenvalue weighted by Gasteiger charge is 2.41. The Morgan fingerprint density at radius 1 is 1.06 bits per heavy atom. The molecule has 35 heavy (non-hydrogen) atoms. The normalized spacial score (nSPS) is 19.2. The molecule has 1 unspecified atom stereocenters. The molecule has 0 aliphatic heterocycles. The summed E-state index contributed by atoms with van der Waals surface area (Å²) in [4.78, 5) is 28.9. The SMILES string of the molecule is O=C(C[C@@]1(O)CC(NC(=O)c2cc3cc(Cl)ccc3[nH]2)Cc2ccccc21)Nc1ccc(O)cc1. The van der Waals surface area contributed by atoms with Gasteiger partial charge in [0.25, 0.3) is 5.91 Å². The smallest absolute Gasteiger partial charge is 0.267 e. The average molecular weight is 490 g/mol. The van der Waals surface area contributed by atoms with E-state index in [1.54, 1.807) is 30.3 Å². The molecule has 5 N–H and O–H groups in total. The molecule has 178 valence electrons. The fraction of sp³-hybridized carbons (Fsp3) is 0.185. The number of H-pyrrole nitrogens is 1. The van der Waals surface area contributed by atoms with Crippen molar-refractivity contribution in [2.45, 2.75) is 30.9 Å². The summed E-state index contributed by atoms with van der Waals surface area (Å²) < 4.78 is 0. The van der Waals surface area contributed by atoms with Crippen LogP contribution in [0.3, 0.4) is 0 Å². The van der Waals surface area contributed by atoms with Crippen LogP contribution in [0.1, 0.15) is 34.5 Å². The number of aliphatic hydroxyl groups is 1. The molecule has 0 saturated heterocycles. The number of carbonyl (C=O) groups is 2. The highest BCUT2D eigenvalue weighted by Crippen LogP contribution is 2.38. The molecular formula is C27H24ClN3O4. The molecule has 1 heterocycles. The van der Waals surface area contributed by atoms with Crippen molar-refractivity contribution in [3.63, 3.8) is 0 Å². The second kappa shape index (κ2) is 9.09. The Kier molecular flexibility index (Phi) is 5.96. The number of anilines is 1. The summed E-state index contributed by atoms with van der Waals surface area (Å²) in [5.74, 6) is -0.565. The average Bonchev–Trinajstić information content (AvgIpc) is 3.24. The Morgan fingerprint density at radius 2 is 1.83 bits per heavy atom. The van der Waals surface area contributed by atoms with Crippen molar-refractivity contribution < 1.29 is 19.8 Å². The van der Waals surface area contributed by atoms with Crippen LogP contribution in [-0.4, -0.2) is 33.1 Å². The van der Waals surface area contributed by atoms with Crippen LogP contribution in [0.25, 0.3) is 10.9 Å². The van der Waals surface area contributed by atoms with Crippen molar-refractivity contribution >= 4 is 40.0 Å². The number of rotatable bonds is 5. The zero-order valence-electron chi connectivity index (χ0n) is 18.7. The van der Waals surface area contributed by atoms with E-state index in [1.807, 2.05) is 30.3 Å². The highest BCUT2D eigenvalue weighted by atomic mass is 35.5. The first kappa shape index (κ1) is 23.0. The second-order valence-corrected chi connectivity index (χ2v) is 9.39. The van der Waals surface area contributed by atoms with Crippen LogP contribution < -0.4 is 10.6 Å². The third kappa shape index (κ3) is 4.87. The Labute approximate surface area is 206 Å². The first-order valence-electron chi connectivity index (χ1n) is 11.3. The van der Waals surface area contributed by atoms with Gasteiger partial charge < -0.3 is 25.8 Å². The molecule has 0 fully saturated rings. The summed E-state index contributed by atoms with van der Waals surface area (Å²) in [5.41, 5.74) is 1.83. The summed E-state index contributed by atoms with van der Waals surface area (Å²) >= 11 is 6.06. The first-order chi connectivity index (χ1) is 16.8. The summed E-state index contributed by atoms with van der Waals surface area (Å²) in [7, 11) is 0. The molecule has 3 aromatic carbocycles. The predicted octanol–water partition coefficient (Wildman–Crippen LogP) is 4.49. The van der Waals surface area contributed by atoms with Gasteiger partial charge in [-0.15, -0.1) is 0 Å². The lowest BCUT2D eigenvalue weighted by Gasteiger charge is -2.38. The number of carbonyl (C=O) groups excluding carboxylic acids is 2. The number of halogens is 1. The van der Waals surface area contributed by atoms with Gasteiger partial charge in [-0.2, -0.15) is 0 Å². The van der Waals surface area contributed by atoms with E-state index in [1.165, 1.54) is 12.1 Å². The first-order valence-corrected chi connectivity index (χ1v) is 11.7. The Morgan fingerprint density at radius 3 is 2.63 bits per heavy atom. The zero-order valence-corrected chi connectivity index (χ0v) is 19.5. The summed E-state index contributed by atoms with van der Waals surface area (Å²) in [6, 6.07) is 20.3. The van der Waals surface area contributed by atoms with Crippen molar-refractivity contribution in [3.05, 3.63) is 94.6 Å². The van der Waals surface area contributed by atoms with Gasteiger partial charge >= 0.3 is 0 Å². The second-order valence-electron chi connectivity index (χ2n) is 8.95. The number of phenols is 1. The van der Waals surface area contributed by atoms with Gasteiger partial charge in [0.05, 0.1) is 6.42 Å². The number of aromatic nitrogens is 1. The van der Waals surface area contributed by atoms with E-state index in [9.17, 15) is 19.8 Å². The maximum atomic E-state index is 13.0. The largest absolute Gasteiger partial charge is 0.508 e. The van der Waals surface area contributed by atoms with E-state index in [0.29, 0.717) is 28.4 Å². The molecule has 5 rings (SSSR count). The number of benzene rings is 3. The minimum absolute atomic E-state index is 0.0967. The van der Waals surface area contributed by atoms with Crippen LogP contribution in [0.4, 0.5) is 5.69 Å². The van der Waals surface area contributed by atoms with Crippen molar-refractivity contribution in [3.8, 4) is 5.75 Å². The fourth-order valence-electron chi connectivity index (χ4n) is 4.78. The van der Waals surface area contributed by atoms with Crippen molar-refractivity contribution in [2.24, 2.45) is 0 Å². The van der Waals surface area contributed by atoms with Gasteiger partial charge in [-0.05, 0) is 66.1 Å². The molecule has 0 spiro atoms. The Balaban J connectivity index is 1.35. The maximum Gasteiger partial charge on any atom is 0.267 e. The van der Waals surface area contributed by atoms with Crippen LogP contribution in [0.2, 0.25) is 5.02 Å². The zero-order chi connectivity index (χ0) is 24.6. The number of aromatic amines is 1. The third-order valence-electron chi connectivity index (χ3n) is 6.34. The van der Waals surface area contributed by atoms with E-state index in [0.717, 1.165) is 16.5 Å². The Bertz CT molecular complexity index is 1420. The van der Waals surface area contributed by atoms with Crippen LogP contribution in [0.5, 0.6) is 5.75 Å². The van der Waals surface area contributed by atoms with Crippen LogP contribution in [0.15, 0.2) is 72.8 Å². The van der Waals surface area contributed by atoms with Gasteiger partial charge in [0, 0.05) is 34.1 Å². The number of phenolic OH excluding ortho intramolecular Hbond substituents is 1. The van der Waals surface area contributed by atoms with Crippen molar-refractivity contribution in [1.82, 2.24) is 10.3 Å². The van der Waals surface area contributed by atoms with Gasteiger partial charge in [-0.1, -0.05) is 35.9 Å². The standard InChI is InChI=1S/C27H24ClN3O4/c28-18-5-10-23-17(11-18)13-24(31-23)26(34)30-20-12-16-3-1-2-4-22(16)27(35,14-20)15-25(33)29-19-6-8-21(32)9-7-19/h1-11,13,20,31-32,35H,12,14-15H2,(H,29,33)(H,30,34)/t20?,27-/m0/s1. The number of hydrogen-bond donors (Lipinski definition) is 5. The van der Waals surface area contributed by atoms with Gasteiger partial charge in [0.2, 0.25) is 5.91 Å². The molecule has 0 saturated carbocycles. The van der Waals surface area contributed by atoms with Gasteiger partial charge in [-0.25, -0.2) is 0 Å². The van der Waals surface area contributed by atoms with E-state index < -0.39 is 5.60 Å². The lowest BCUT2D eigenvalue weighted by molar-refractivity contribution is -0.122. The predicted molar refractivity (Wildman–Crippen MR) is 135 cm³/mol. The van der Waals surface area contributed by atoms with Gasteiger partial charge in [-0.3, -0.25) is 9.59 Å². The number of amides is 2. The molecule has 2 atom stereocenters. The molecule has 0 bridgehead atoms. The van der Waals surface area contributed by atoms with Crippen molar-refractivity contribution in [2.75, 3.05) is 5.32 Å². The number of aromatic hydroxyl groups is 1. The van der Waals surface area contributed by atoms with Crippen LogP contribution in [-0.2, 0) is 16.8 Å². The number of fused-ring (bicyclic) bond motifs is 2. The lowest BCUT2D eigenvalue weighted by atomic mass is 9.74. The molecule has 7 nitrogen and oxygen atoms in total. The molecule has 2 amide bonds. The molecule has 1 aliphatic rings. The number of hydrogen-bond acceptors (Lipinski definition) is 4. The summed E-state index contributed by atoms with van der Waals surface area (Å²) in [5, 5.41) is 28.3. The van der Waals surface area contributed by atoms with Crippen LogP contribution in [0, 0.1) is 0 Å². The summed E-state index contributed by atoms with van der Waals surface area (Å²) in [6.45, 7) is 0. The van der Waals surface area contributed by atoms with E-state index in [2.05, 4.69) is 15.6 Å². The highest BCUT2D eigenvalue weighted by molar-refractivity contribution is 6.31. The lowest BCUT2D eigenvalue weighted by Crippen LogP contribution is -2.47. The molecule has 0 radical (unpaired) electrons. The molecule has 4 aromatic rings. The topological polar surface area (TPSA) is 114 Å². The van der Waals surface area contributed by atoms with Crippen molar-refractivity contribution in [1.29, 1.82) is 0 Å². The molecule has 1 aromatic heterocycles. The Hall–Kier alpha value is -3.81. The minimum atomic E-state index is -1.46.